The van der Waals surface area contributed by atoms with Crippen molar-refractivity contribution >= 4 is 22.6 Å². The van der Waals surface area contributed by atoms with E-state index >= 15 is 0 Å². The van der Waals surface area contributed by atoms with Crippen LogP contribution in [0.3, 0.4) is 0 Å². The summed E-state index contributed by atoms with van der Waals surface area (Å²) >= 11 is 0. The number of benzene rings is 1. The molecule has 2 aromatic rings. The summed E-state index contributed by atoms with van der Waals surface area (Å²) in [6, 6.07) is 5.74. The first-order valence-corrected chi connectivity index (χ1v) is 6.30. The maximum Gasteiger partial charge on any atom is 0.233 e. The van der Waals surface area contributed by atoms with Crippen molar-refractivity contribution in [3.05, 3.63) is 24.0 Å². The zero-order chi connectivity index (χ0) is 14.2. The van der Waals surface area contributed by atoms with Gasteiger partial charge in [0.25, 0.3) is 0 Å². The van der Waals surface area contributed by atoms with Crippen LogP contribution in [0.4, 0.5) is 5.69 Å². The molecule has 1 heterocycles. The van der Waals surface area contributed by atoms with Crippen molar-refractivity contribution in [3.63, 3.8) is 0 Å². The second-order valence-electron chi connectivity index (χ2n) is 5.48. The number of amides is 1. The Bertz CT molecular complexity index is 615. The molecule has 0 atom stereocenters. The molecule has 5 nitrogen and oxygen atoms in total. The van der Waals surface area contributed by atoms with E-state index < -0.39 is 5.41 Å². The lowest BCUT2D eigenvalue weighted by Crippen LogP contribution is -2.42. The first-order chi connectivity index (χ1) is 8.85. The summed E-state index contributed by atoms with van der Waals surface area (Å²) < 4.78 is 0. The number of aryl methyl sites for hydroxylation is 1. The standard InChI is InChI=1S/C14H20N4O/c1-9-16-11-6-5-10(7-12(11)17-9)18(4)13(19)14(2,3)8-15/h5-7H,8,15H2,1-4H3,(H,16,17). The van der Waals surface area contributed by atoms with E-state index in [1.54, 1.807) is 11.9 Å². The molecule has 1 amide bonds. The van der Waals surface area contributed by atoms with Crippen LogP contribution in [0.5, 0.6) is 0 Å². The number of nitrogens with one attached hydrogen (secondary N) is 1. The Morgan fingerprint density at radius 2 is 2.16 bits per heavy atom. The molecule has 0 aliphatic rings. The van der Waals surface area contributed by atoms with Crippen LogP contribution >= 0.6 is 0 Å². The van der Waals surface area contributed by atoms with Gasteiger partial charge in [0.05, 0.1) is 16.4 Å². The molecule has 2 rings (SSSR count). The Morgan fingerprint density at radius 1 is 1.47 bits per heavy atom. The first-order valence-electron chi connectivity index (χ1n) is 6.30. The van der Waals surface area contributed by atoms with Gasteiger partial charge >= 0.3 is 0 Å². The highest BCUT2D eigenvalue weighted by molar-refractivity contribution is 5.98. The molecule has 102 valence electrons. The molecule has 0 radical (unpaired) electrons. The summed E-state index contributed by atoms with van der Waals surface area (Å²) in [7, 11) is 1.77. The van der Waals surface area contributed by atoms with Crippen molar-refractivity contribution in [2.45, 2.75) is 20.8 Å². The fourth-order valence-corrected chi connectivity index (χ4v) is 1.99. The third-order valence-corrected chi connectivity index (χ3v) is 3.37. The van der Waals surface area contributed by atoms with Crippen LogP contribution in [0.2, 0.25) is 0 Å². The maximum atomic E-state index is 12.4. The van der Waals surface area contributed by atoms with Crippen molar-refractivity contribution in [3.8, 4) is 0 Å². The molecule has 19 heavy (non-hydrogen) atoms. The fourth-order valence-electron chi connectivity index (χ4n) is 1.99. The van der Waals surface area contributed by atoms with Gasteiger partial charge in [-0.3, -0.25) is 4.79 Å². The van der Waals surface area contributed by atoms with E-state index in [9.17, 15) is 4.79 Å². The molecule has 0 unspecified atom stereocenters. The smallest absolute Gasteiger partial charge is 0.233 e. The van der Waals surface area contributed by atoms with Crippen LogP contribution in [0.1, 0.15) is 19.7 Å². The van der Waals surface area contributed by atoms with E-state index in [4.69, 9.17) is 5.73 Å². The number of nitrogens with two attached hydrogens (primary N) is 1. The topological polar surface area (TPSA) is 75.0 Å². The first kappa shape index (κ1) is 13.5. The quantitative estimate of drug-likeness (QED) is 0.884. The number of carbonyl (C=O) groups is 1. The fraction of sp³-hybridized carbons (Fsp3) is 0.429. The number of nitrogens with zero attached hydrogens (tertiary/aromatic N) is 2. The van der Waals surface area contributed by atoms with E-state index in [1.807, 2.05) is 39.0 Å². The number of imidazole rings is 1. The third kappa shape index (κ3) is 2.46. The second-order valence-corrected chi connectivity index (χ2v) is 5.48. The Morgan fingerprint density at radius 3 is 2.79 bits per heavy atom. The minimum Gasteiger partial charge on any atom is -0.342 e. The van der Waals surface area contributed by atoms with E-state index in [2.05, 4.69) is 9.97 Å². The van der Waals surface area contributed by atoms with Gasteiger partial charge in [0.15, 0.2) is 0 Å². The number of hydrogen-bond donors (Lipinski definition) is 2. The van der Waals surface area contributed by atoms with Crippen molar-refractivity contribution < 1.29 is 4.79 Å². The number of rotatable bonds is 3. The molecule has 0 saturated carbocycles. The van der Waals surface area contributed by atoms with Gasteiger partial charge in [-0.1, -0.05) is 0 Å². The van der Waals surface area contributed by atoms with Crippen LogP contribution < -0.4 is 10.6 Å². The van der Waals surface area contributed by atoms with Crippen molar-refractivity contribution in [2.75, 3.05) is 18.5 Å². The second kappa shape index (κ2) is 4.66. The lowest BCUT2D eigenvalue weighted by Gasteiger charge is -2.28. The molecule has 0 fully saturated rings. The van der Waals surface area contributed by atoms with Gasteiger partial charge in [-0.15, -0.1) is 0 Å². The summed E-state index contributed by atoms with van der Waals surface area (Å²) in [5.74, 6) is 0.869. The van der Waals surface area contributed by atoms with Gasteiger partial charge in [-0.2, -0.15) is 0 Å². The molecule has 0 spiro atoms. The number of anilines is 1. The van der Waals surface area contributed by atoms with E-state index in [-0.39, 0.29) is 5.91 Å². The molecule has 0 saturated heterocycles. The normalized spacial score (nSPS) is 11.8. The summed E-state index contributed by atoms with van der Waals surface area (Å²) in [5.41, 5.74) is 7.76. The average Bonchev–Trinajstić information content (AvgIpc) is 2.75. The summed E-state index contributed by atoms with van der Waals surface area (Å²) in [5, 5.41) is 0. The number of H-pyrrole nitrogens is 1. The molecular formula is C14H20N4O. The third-order valence-electron chi connectivity index (χ3n) is 3.37. The SMILES string of the molecule is Cc1nc2ccc(N(C)C(=O)C(C)(C)CN)cc2[nH]1. The zero-order valence-electron chi connectivity index (χ0n) is 11.8. The lowest BCUT2D eigenvalue weighted by atomic mass is 9.92. The molecule has 5 heteroatoms. The van der Waals surface area contributed by atoms with E-state index in [0.29, 0.717) is 6.54 Å². The highest BCUT2D eigenvalue weighted by Crippen LogP contribution is 2.24. The van der Waals surface area contributed by atoms with Gasteiger partial charge in [0.1, 0.15) is 5.82 Å². The Labute approximate surface area is 112 Å². The van der Waals surface area contributed by atoms with E-state index in [1.165, 1.54) is 0 Å². The van der Waals surface area contributed by atoms with Crippen LogP contribution in [0, 0.1) is 12.3 Å². The van der Waals surface area contributed by atoms with Crippen LogP contribution in [0.25, 0.3) is 11.0 Å². The minimum absolute atomic E-state index is 0.00517. The number of hydrogen-bond acceptors (Lipinski definition) is 3. The molecule has 1 aromatic carbocycles. The average molecular weight is 260 g/mol. The predicted octanol–water partition coefficient (Wildman–Crippen LogP) is 1.82. The summed E-state index contributed by atoms with van der Waals surface area (Å²) in [6.07, 6.45) is 0. The molecule has 0 aliphatic carbocycles. The predicted molar refractivity (Wildman–Crippen MR) is 77.1 cm³/mol. The molecular weight excluding hydrogens is 240 g/mol. The van der Waals surface area contributed by atoms with Crippen LogP contribution in [0.15, 0.2) is 18.2 Å². The van der Waals surface area contributed by atoms with Crippen molar-refractivity contribution in [2.24, 2.45) is 11.1 Å². The summed E-state index contributed by atoms with van der Waals surface area (Å²) in [4.78, 5) is 21.5. The largest absolute Gasteiger partial charge is 0.342 e. The molecule has 0 bridgehead atoms. The highest BCUT2D eigenvalue weighted by atomic mass is 16.2. The van der Waals surface area contributed by atoms with Gasteiger partial charge < -0.3 is 15.6 Å². The highest BCUT2D eigenvalue weighted by Gasteiger charge is 2.29. The van der Waals surface area contributed by atoms with Crippen LogP contribution in [-0.2, 0) is 4.79 Å². The molecule has 0 aliphatic heterocycles. The van der Waals surface area contributed by atoms with E-state index in [0.717, 1.165) is 22.5 Å². The number of carbonyl (C=O) groups excluding carboxylic acids is 1. The van der Waals surface area contributed by atoms with Crippen LogP contribution in [-0.4, -0.2) is 29.5 Å². The van der Waals surface area contributed by atoms with Gasteiger partial charge in [-0.05, 0) is 39.0 Å². The maximum absolute atomic E-state index is 12.4. The zero-order valence-corrected chi connectivity index (χ0v) is 11.8. The number of aromatic amines is 1. The van der Waals surface area contributed by atoms with Gasteiger partial charge in [-0.25, -0.2) is 4.98 Å². The lowest BCUT2D eigenvalue weighted by molar-refractivity contribution is -0.125. The molecule has 3 N–H and O–H groups in total. The van der Waals surface area contributed by atoms with Crippen molar-refractivity contribution in [1.29, 1.82) is 0 Å². The van der Waals surface area contributed by atoms with Crippen molar-refractivity contribution in [1.82, 2.24) is 9.97 Å². The summed E-state index contributed by atoms with van der Waals surface area (Å²) in [6.45, 7) is 5.93. The monoisotopic (exact) mass is 260 g/mol. The minimum atomic E-state index is -0.562. The van der Waals surface area contributed by atoms with Gasteiger partial charge in [0, 0.05) is 19.3 Å². The number of aromatic nitrogens is 2. The van der Waals surface area contributed by atoms with Gasteiger partial charge in [0.2, 0.25) is 5.91 Å². The number of fused-ring (bicyclic) bond motifs is 1. The molecule has 1 aromatic heterocycles. The Kier molecular flexibility index (Phi) is 3.32. The Balaban J connectivity index is 2.35. The Hall–Kier alpha value is -1.88.